The first-order valence-corrected chi connectivity index (χ1v) is 37.1. The van der Waals surface area contributed by atoms with Gasteiger partial charge in [-0.3, -0.25) is 57.7 Å². The van der Waals surface area contributed by atoms with Crippen LogP contribution in [0.4, 0.5) is 0 Å². The number of allylic oxidation sites excluding steroid dienone is 2. The van der Waals surface area contributed by atoms with Crippen LogP contribution in [0.15, 0.2) is 115 Å². The summed E-state index contributed by atoms with van der Waals surface area (Å²) in [4.78, 5) is 178. The van der Waals surface area contributed by atoms with Crippen molar-refractivity contribution in [3.63, 3.8) is 0 Å². The average molecular weight is 1520 g/mol. The number of hydrogen-bond donors (Lipinski definition) is 18. The Bertz CT molecular complexity index is 3770. The van der Waals surface area contributed by atoms with Crippen molar-refractivity contribution in [2.45, 2.75) is 231 Å². The number of aromatic amines is 1. The Balaban J connectivity index is 1.60. The number of nitrogens with zero attached hydrogens (tertiary/aromatic N) is 1. The fraction of sp³-hybridized carbons (Fsp3) is 0.526. The van der Waals surface area contributed by atoms with Crippen LogP contribution in [0.2, 0.25) is 0 Å². The van der Waals surface area contributed by atoms with E-state index in [9.17, 15) is 63.3 Å². The summed E-state index contributed by atoms with van der Waals surface area (Å²) in [5.74, 6) is -11.6. The highest BCUT2D eigenvalue weighted by atomic mass is 16.4. The maximum absolute atomic E-state index is 15.1. The Hall–Kier alpha value is -10.7. The molecule has 11 amide bonds. The number of H-pyrrole nitrogens is 1. The number of benzene rings is 3. The largest absolute Gasteiger partial charge is 0.508 e. The number of aliphatic hydroxyl groups excluding tert-OH is 1. The van der Waals surface area contributed by atoms with Gasteiger partial charge in [-0.1, -0.05) is 121 Å². The number of amides is 11. The van der Waals surface area contributed by atoms with Crippen molar-refractivity contribution in [1.82, 2.24) is 63.5 Å². The molecule has 4 aromatic rings. The first-order valence-electron chi connectivity index (χ1n) is 37.1. The number of aliphatic hydroxyl groups is 1. The second-order valence-corrected chi connectivity index (χ2v) is 29.1. The molecule has 0 bridgehead atoms. The molecule has 21 N–H and O–H groups in total. The predicted molar refractivity (Wildman–Crippen MR) is 415 cm³/mol. The number of para-hydroxylation sites is 1. The Morgan fingerprint density at radius 3 is 1.62 bits per heavy atom. The Kier molecular flexibility index (Phi) is 37.1. The van der Waals surface area contributed by atoms with Gasteiger partial charge < -0.3 is 96.0 Å². The Morgan fingerprint density at radius 1 is 0.560 bits per heavy atom. The first-order chi connectivity index (χ1) is 51.4. The summed E-state index contributed by atoms with van der Waals surface area (Å²) in [6.07, 6.45) is 5.23. The molecule has 13 atom stereocenters. The smallest absolute Gasteiger partial charge is 0.326 e. The van der Waals surface area contributed by atoms with Crippen LogP contribution in [0.1, 0.15) is 157 Å². The van der Waals surface area contributed by atoms with Gasteiger partial charge in [0, 0.05) is 42.9 Å². The fourth-order valence-corrected chi connectivity index (χ4v) is 12.0. The standard InChI is InChI=1S/C78H116N16O15/c1-13-16-23-35-77(11,74(108)84-44-62(97)86-56(30-25-37-82-76(80)81)66(99)90-61(73(106)107)42-52-43-83-55-29-22-21-28-54(52)55)93-69(102)58(39-46(6)7)89-72(105)64(47(8)15-3)92-68(101)57(38-45(4)5)91-75(109)78(12,36-24-17-14-2)94-70(103)60(40-50-26-19-18-20-27-50)88-67(100)59(41-51-31-33-53(96)34-32-51)87-65(98)48(9)85-71(104)63(79)49(10)95/h13-14,18-22,26-29,31-34,43,45-49,56-61,63-64,83,95-96H,1-2,15-17,23-25,30,35-42,44,79H2,3-12H3,(H,84,108)(H,85,104)(H,86,97)(H,87,98)(H,88,100)(H,89,105)(H,90,99)(H,91,109)(H,92,101)(H,93,102)(H,94,103)(H,106,107)(H4,80,81,82)/t47-,48-,49+,56-,57-,58-,59-,60-,61-,63-,64-,77-,78-/m0/s1. The number of carboxylic acids is 1. The molecule has 0 aliphatic heterocycles. The zero-order valence-electron chi connectivity index (χ0n) is 64.4. The van der Waals surface area contributed by atoms with Gasteiger partial charge in [-0.2, -0.15) is 0 Å². The van der Waals surface area contributed by atoms with Crippen molar-refractivity contribution in [3.05, 3.63) is 127 Å². The molecule has 0 fully saturated rings. The van der Waals surface area contributed by atoms with Gasteiger partial charge >= 0.3 is 5.97 Å². The number of fused-ring (bicyclic) bond motifs is 1. The summed E-state index contributed by atoms with van der Waals surface area (Å²) in [6, 6.07) is 9.53. The minimum absolute atomic E-state index is 0.0118. The number of rotatable bonds is 48. The van der Waals surface area contributed by atoms with E-state index in [4.69, 9.17) is 17.2 Å². The lowest BCUT2D eigenvalue weighted by molar-refractivity contribution is -0.142. The third kappa shape index (κ3) is 30.1. The van der Waals surface area contributed by atoms with E-state index >= 15 is 9.59 Å². The Morgan fingerprint density at radius 2 is 1.06 bits per heavy atom. The van der Waals surface area contributed by atoms with Gasteiger partial charge in [-0.25, -0.2) is 4.79 Å². The van der Waals surface area contributed by atoms with Gasteiger partial charge in [-0.15, -0.1) is 13.2 Å². The molecule has 0 spiro atoms. The first kappa shape index (κ1) is 90.7. The minimum Gasteiger partial charge on any atom is -0.508 e. The van der Waals surface area contributed by atoms with E-state index in [1.54, 1.807) is 68.6 Å². The van der Waals surface area contributed by atoms with E-state index in [0.717, 1.165) is 10.9 Å². The average Bonchev–Trinajstić information content (AvgIpc) is 1.72. The SMILES string of the molecule is C=CCCC[C@](C)(NC(=O)[C@H](CC(C)C)NC(=O)[C@@H](NC(=O)[C@H](CC(C)C)NC(=O)[C@](C)(CCCC=C)NC(=O)[C@H](Cc1ccccc1)NC(=O)[C@H](Cc1ccc(O)cc1)NC(=O)[C@H](C)NC(=O)[C@@H](N)[C@@H](C)O)[C@@H](C)CC)C(=O)NCC(=O)N[C@@H](CCCN=C(N)N)C(=O)N[C@@H](Cc1c[nH]c2ccccc12)C(=O)O. The Labute approximate surface area is 638 Å². The van der Waals surface area contributed by atoms with Gasteiger partial charge in [0.2, 0.25) is 65.0 Å². The van der Waals surface area contributed by atoms with Crippen LogP contribution in [0.5, 0.6) is 5.75 Å². The number of carbonyl (C=O) groups is 12. The van der Waals surface area contributed by atoms with E-state index in [1.165, 1.54) is 52.0 Å². The molecule has 0 radical (unpaired) electrons. The third-order valence-corrected chi connectivity index (χ3v) is 18.7. The number of phenolic OH excluding ortho intramolecular Hbond substituents is 1. The number of aliphatic carboxylic acids is 1. The number of aromatic nitrogens is 1. The lowest BCUT2D eigenvalue weighted by Gasteiger charge is -2.35. The molecule has 31 nitrogen and oxygen atoms in total. The highest BCUT2D eigenvalue weighted by Crippen LogP contribution is 2.23. The van der Waals surface area contributed by atoms with Crippen LogP contribution in [-0.2, 0) is 76.8 Å². The number of unbranched alkanes of at least 4 members (excludes halogenated alkanes) is 2. The summed E-state index contributed by atoms with van der Waals surface area (Å²) >= 11 is 0. The zero-order chi connectivity index (χ0) is 81.3. The summed E-state index contributed by atoms with van der Waals surface area (Å²) in [7, 11) is 0. The van der Waals surface area contributed by atoms with E-state index in [-0.39, 0.29) is 87.9 Å². The van der Waals surface area contributed by atoms with Crippen LogP contribution in [0.25, 0.3) is 10.9 Å². The molecule has 3 aromatic carbocycles. The summed E-state index contributed by atoms with van der Waals surface area (Å²) in [5.41, 5.74) is 15.8. The number of aliphatic imine (C=N–C) groups is 1. The normalized spacial score (nSPS) is 15.4. The second-order valence-electron chi connectivity index (χ2n) is 29.1. The molecule has 109 heavy (non-hydrogen) atoms. The summed E-state index contributed by atoms with van der Waals surface area (Å²) < 4.78 is 0. The molecule has 1 aromatic heterocycles. The number of nitrogens with one attached hydrogen (secondary N) is 12. The van der Waals surface area contributed by atoms with E-state index in [0.29, 0.717) is 48.8 Å². The minimum atomic E-state index is -1.81. The quantitative estimate of drug-likeness (QED) is 0.0131. The van der Waals surface area contributed by atoms with E-state index in [2.05, 4.69) is 81.6 Å². The van der Waals surface area contributed by atoms with Crippen molar-refractivity contribution in [2.24, 2.45) is 39.9 Å². The lowest BCUT2D eigenvalue weighted by atomic mass is 9.91. The van der Waals surface area contributed by atoms with Crippen molar-refractivity contribution in [1.29, 1.82) is 0 Å². The number of aromatic hydroxyl groups is 1. The number of carboxylic acid groups (broad SMARTS) is 1. The summed E-state index contributed by atoms with van der Waals surface area (Å²) in [5, 5.41) is 60.7. The number of carbonyl (C=O) groups excluding carboxylic acids is 11. The molecule has 0 aliphatic rings. The molecule has 1 heterocycles. The lowest BCUT2D eigenvalue weighted by Crippen LogP contribution is -2.65. The van der Waals surface area contributed by atoms with Crippen molar-refractivity contribution in [2.75, 3.05) is 13.1 Å². The molecular weight excluding hydrogens is 1400 g/mol. The second kappa shape index (κ2) is 44.6. The van der Waals surface area contributed by atoms with Gasteiger partial charge in [0.15, 0.2) is 5.96 Å². The third-order valence-electron chi connectivity index (χ3n) is 18.7. The predicted octanol–water partition coefficient (Wildman–Crippen LogP) is 2.36. The monoisotopic (exact) mass is 1520 g/mol. The van der Waals surface area contributed by atoms with Crippen LogP contribution in [0, 0.1) is 17.8 Å². The fourth-order valence-electron chi connectivity index (χ4n) is 12.0. The summed E-state index contributed by atoms with van der Waals surface area (Å²) in [6.45, 7) is 23.3. The van der Waals surface area contributed by atoms with Crippen molar-refractivity contribution < 1.29 is 72.9 Å². The van der Waals surface area contributed by atoms with E-state index in [1.807, 2.05) is 45.9 Å². The molecule has 0 unspecified atom stereocenters. The van der Waals surface area contributed by atoms with Gasteiger partial charge in [0.1, 0.15) is 71.2 Å². The maximum atomic E-state index is 15.1. The van der Waals surface area contributed by atoms with Crippen molar-refractivity contribution >= 4 is 87.8 Å². The van der Waals surface area contributed by atoms with Crippen LogP contribution >= 0.6 is 0 Å². The van der Waals surface area contributed by atoms with Gasteiger partial charge in [0.25, 0.3) is 0 Å². The van der Waals surface area contributed by atoms with Gasteiger partial charge in [0.05, 0.1) is 12.6 Å². The molecule has 31 heteroatoms. The number of phenols is 1. The number of guanidine groups is 1. The van der Waals surface area contributed by atoms with Gasteiger partial charge in [-0.05, 0) is 145 Å². The highest BCUT2D eigenvalue weighted by molar-refractivity contribution is 6.01. The maximum Gasteiger partial charge on any atom is 0.326 e. The number of nitrogens with two attached hydrogens (primary N) is 3. The molecule has 4 rings (SSSR count). The topological polar surface area (TPSA) is 504 Å². The molecule has 0 aliphatic carbocycles. The highest BCUT2D eigenvalue weighted by Gasteiger charge is 2.42. The molecule has 0 saturated carbocycles. The molecule has 598 valence electrons. The van der Waals surface area contributed by atoms with Crippen LogP contribution in [0.3, 0.4) is 0 Å². The van der Waals surface area contributed by atoms with E-state index < -0.39 is 155 Å². The number of hydrogen-bond acceptors (Lipinski definition) is 16. The van der Waals surface area contributed by atoms with Crippen LogP contribution < -0.4 is 75.7 Å². The van der Waals surface area contributed by atoms with Crippen molar-refractivity contribution in [3.8, 4) is 5.75 Å². The molecule has 0 saturated heterocycles. The zero-order valence-corrected chi connectivity index (χ0v) is 64.4. The van der Waals surface area contributed by atoms with Crippen LogP contribution in [-0.4, -0.2) is 182 Å². The molecular formula is C78H116N16O15.